The summed E-state index contributed by atoms with van der Waals surface area (Å²) in [7, 11) is 1.81. The van der Waals surface area contributed by atoms with Crippen molar-refractivity contribution in [2.45, 2.75) is 24.3 Å². The molecular formula is C25H26N4O2. The molecule has 3 aromatic rings. The Balaban J connectivity index is 1.38. The molecular weight excluding hydrogens is 388 g/mol. The van der Waals surface area contributed by atoms with Gasteiger partial charge in [-0.05, 0) is 48.2 Å². The Morgan fingerprint density at radius 3 is 2.29 bits per heavy atom. The number of nitrogens with zero attached hydrogens (tertiary/aromatic N) is 2. The number of benzene rings is 2. The molecule has 31 heavy (non-hydrogen) atoms. The maximum atomic E-state index is 13.1. The predicted octanol–water partition coefficient (Wildman–Crippen LogP) is 3.52. The van der Waals surface area contributed by atoms with E-state index in [0.29, 0.717) is 17.8 Å². The van der Waals surface area contributed by atoms with Crippen molar-refractivity contribution < 1.29 is 9.59 Å². The average Bonchev–Trinajstić information content (AvgIpc) is 3.62. The maximum Gasteiger partial charge on any atom is 0.255 e. The van der Waals surface area contributed by atoms with Gasteiger partial charge in [-0.1, -0.05) is 42.5 Å². The molecule has 1 saturated carbocycles. The Morgan fingerprint density at radius 1 is 1.03 bits per heavy atom. The summed E-state index contributed by atoms with van der Waals surface area (Å²) in [6, 6.07) is 20.3. The third kappa shape index (κ3) is 4.49. The van der Waals surface area contributed by atoms with Gasteiger partial charge in [-0.3, -0.25) is 14.6 Å². The fourth-order valence-electron chi connectivity index (χ4n) is 3.88. The molecule has 1 fully saturated rings. The number of aromatic nitrogens is 1. The van der Waals surface area contributed by atoms with Gasteiger partial charge in [-0.15, -0.1) is 0 Å². The summed E-state index contributed by atoms with van der Waals surface area (Å²) in [6.45, 7) is 0.413. The van der Waals surface area contributed by atoms with Gasteiger partial charge in [0.1, 0.15) is 0 Å². The van der Waals surface area contributed by atoms with E-state index in [9.17, 15) is 9.59 Å². The van der Waals surface area contributed by atoms with E-state index in [-0.39, 0.29) is 17.9 Å². The average molecular weight is 415 g/mol. The highest BCUT2D eigenvalue weighted by atomic mass is 16.2. The second-order valence-electron chi connectivity index (χ2n) is 8.05. The molecule has 4 rings (SSSR count). The fraction of sp³-hybridized carbons (Fsp3) is 0.240. The Hall–Kier alpha value is -3.51. The Morgan fingerprint density at radius 2 is 1.68 bits per heavy atom. The maximum absolute atomic E-state index is 13.1. The number of carbonyl (C=O) groups excluding carboxylic acids is 2. The number of nitrogens with one attached hydrogen (secondary N) is 1. The number of anilines is 1. The van der Waals surface area contributed by atoms with Crippen LogP contribution in [0, 0.1) is 0 Å². The number of rotatable bonds is 7. The zero-order chi connectivity index (χ0) is 21.8. The lowest BCUT2D eigenvalue weighted by Gasteiger charge is -2.26. The molecule has 0 spiro atoms. The minimum Gasteiger partial charge on any atom is -0.343 e. The lowest BCUT2D eigenvalue weighted by molar-refractivity contribution is -0.132. The molecule has 6 nitrogen and oxygen atoms in total. The van der Waals surface area contributed by atoms with Crippen LogP contribution < -0.4 is 11.1 Å². The smallest absolute Gasteiger partial charge is 0.255 e. The Kier molecular flexibility index (Phi) is 5.82. The van der Waals surface area contributed by atoms with E-state index < -0.39 is 5.41 Å². The van der Waals surface area contributed by atoms with Crippen LogP contribution >= 0.6 is 0 Å². The standard InChI is InChI=1S/C25H26N4O2/c1-29(24(31)25(13-14-25)20-5-3-2-4-6-20)17-22(26)18-7-9-19(10-8-18)23(30)28-21-11-15-27-16-12-21/h2-12,15-16,22H,13-14,17,26H2,1H3,(H,27,28,30). The van der Waals surface area contributed by atoms with E-state index in [4.69, 9.17) is 5.73 Å². The second-order valence-corrected chi connectivity index (χ2v) is 8.05. The largest absolute Gasteiger partial charge is 0.343 e. The lowest BCUT2D eigenvalue weighted by Crippen LogP contribution is -2.40. The first-order chi connectivity index (χ1) is 15.0. The predicted molar refractivity (Wildman–Crippen MR) is 121 cm³/mol. The van der Waals surface area contributed by atoms with Gasteiger partial charge >= 0.3 is 0 Å². The highest BCUT2D eigenvalue weighted by molar-refractivity contribution is 6.04. The van der Waals surface area contributed by atoms with Crippen LogP contribution in [-0.4, -0.2) is 35.3 Å². The van der Waals surface area contributed by atoms with Gasteiger partial charge in [0.05, 0.1) is 5.41 Å². The van der Waals surface area contributed by atoms with E-state index in [1.165, 1.54) is 0 Å². The minimum absolute atomic E-state index is 0.113. The van der Waals surface area contributed by atoms with Crippen molar-refractivity contribution in [2.75, 3.05) is 18.9 Å². The summed E-state index contributed by atoms with van der Waals surface area (Å²) in [6.07, 6.45) is 4.99. The van der Waals surface area contributed by atoms with Crippen LogP contribution in [0.3, 0.4) is 0 Å². The molecule has 158 valence electrons. The van der Waals surface area contributed by atoms with Crippen molar-refractivity contribution in [3.05, 3.63) is 95.8 Å². The molecule has 0 bridgehead atoms. The van der Waals surface area contributed by atoms with Crippen molar-refractivity contribution >= 4 is 17.5 Å². The Labute approximate surface area is 182 Å². The molecule has 3 N–H and O–H groups in total. The molecule has 1 unspecified atom stereocenters. The molecule has 0 saturated heterocycles. The van der Waals surface area contributed by atoms with Gasteiger partial charge in [0, 0.05) is 43.3 Å². The van der Waals surface area contributed by atoms with E-state index in [1.807, 2.05) is 49.5 Å². The van der Waals surface area contributed by atoms with Gasteiger partial charge in [-0.25, -0.2) is 0 Å². The van der Waals surface area contributed by atoms with Gasteiger partial charge in [0.2, 0.25) is 5.91 Å². The highest BCUT2D eigenvalue weighted by Crippen LogP contribution is 2.49. The van der Waals surface area contributed by atoms with Crippen LogP contribution in [0.1, 0.15) is 40.4 Å². The molecule has 1 heterocycles. The number of hydrogen-bond acceptors (Lipinski definition) is 4. The second kappa shape index (κ2) is 8.70. The van der Waals surface area contributed by atoms with Gasteiger partial charge in [-0.2, -0.15) is 0 Å². The van der Waals surface area contributed by atoms with Crippen molar-refractivity contribution in [1.82, 2.24) is 9.88 Å². The number of amides is 2. The van der Waals surface area contributed by atoms with E-state index in [0.717, 1.165) is 24.0 Å². The summed E-state index contributed by atoms with van der Waals surface area (Å²) >= 11 is 0. The molecule has 0 radical (unpaired) electrons. The zero-order valence-electron chi connectivity index (χ0n) is 17.5. The normalized spacial score (nSPS) is 15.0. The van der Waals surface area contributed by atoms with Gasteiger partial charge in [0.15, 0.2) is 0 Å². The monoisotopic (exact) mass is 414 g/mol. The summed E-state index contributed by atoms with van der Waals surface area (Å²) in [5.41, 5.74) is 9.17. The van der Waals surface area contributed by atoms with Crippen molar-refractivity contribution in [2.24, 2.45) is 5.73 Å². The third-order valence-electron chi connectivity index (χ3n) is 5.84. The van der Waals surface area contributed by atoms with Crippen LogP contribution in [0.4, 0.5) is 5.69 Å². The lowest BCUT2D eigenvalue weighted by atomic mass is 9.94. The van der Waals surface area contributed by atoms with Crippen LogP contribution in [0.5, 0.6) is 0 Å². The quantitative estimate of drug-likeness (QED) is 0.619. The summed E-state index contributed by atoms with van der Waals surface area (Å²) < 4.78 is 0. The van der Waals surface area contributed by atoms with Crippen LogP contribution in [-0.2, 0) is 10.2 Å². The minimum atomic E-state index is -0.398. The topological polar surface area (TPSA) is 88.3 Å². The van der Waals surface area contributed by atoms with Crippen LogP contribution in [0.15, 0.2) is 79.1 Å². The van der Waals surface area contributed by atoms with E-state index in [1.54, 1.807) is 41.6 Å². The van der Waals surface area contributed by atoms with E-state index >= 15 is 0 Å². The summed E-state index contributed by atoms with van der Waals surface area (Å²) in [5.74, 6) is -0.0837. The van der Waals surface area contributed by atoms with Crippen LogP contribution in [0.2, 0.25) is 0 Å². The zero-order valence-corrected chi connectivity index (χ0v) is 17.5. The SMILES string of the molecule is CN(CC(N)c1ccc(C(=O)Nc2ccncc2)cc1)C(=O)C1(c2ccccc2)CC1. The molecule has 1 aliphatic carbocycles. The van der Waals surface area contributed by atoms with E-state index in [2.05, 4.69) is 10.3 Å². The highest BCUT2D eigenvalue weighted by Gasteiger charge is 2.52. The van der Waals surface area contributed by atoms with Gasteiger partial charge < -0.3 is 16.0 Å². The fourth-order valence-corrected chi connectivity index (χ4v) is 3.88. The number of carbonyl (C=O) groups is 2. The van der Waals surface area contributed by atoms with Crippen molar-refractivity contribution in [3.8, 4) is 0 Å². The Bertz CT molecular complexity index is 1050. The summed E-state index contributed by atoms with van der Waals surface area (Å²) in [5, 5.41) is 2.83. The van der Waals surface area contributed by atoms with Crippen molar-refractivity contribution in [3.63, 3.8) is 0 Å². The first-order valence-corrected chi connectivity index (χ1v) is 10.4. The van der Waals surface area contributed by atoms with Gasteiger partial charge in [0.25, 0.3) is 5.91 Å². The third-order valence-corrected chi connectivity index (χ3v) is 5.84. The summed E-state index contributed by atoms with van der Waals surface area (Å²) in [4.78, 5) is 31.2. The first-order valence-electron chi connectivity index (χ1n) is 10.4. The molecule has 0 aliphatic heterocycles. The number of hydrogen-bond donors (Lipinski definition) is 2. The number of likely N-dealkylation sites (N-methyl/N-ethyl adjacent to an activating group) is 1. The number of pyridine rings is 1. The molecule has 2 amide bonds. The van der Waals surface area contributed by atoms with Crippen LogP contribution in [0.25, 0.3) is 0 Å². The molecule has 1 atom stereocenters. The molecule has 1 aliphatic rings. The molecule has 1 aromatic heterocycles. The molecule has 6 heteroatoms. The molecule has 2 aromatic carbocycles. The number of nitrogens with two attached hydrogens (primary N) is 1. The van der Waals surface area contributed by atoms with Crippen molar-refractivity contribution in [1.29, 1.82) is 0 Å². The first kappa shape index (κ1) is 20.8.